The first kappa shape index (κ1) is 16.1. The molecule has 0 aliphatic carbocycles. The van der Waals surface area contributed by atoms with Gasteiger partial charge in [0, 0.05) is 19.5 Å². The highest BCUT2D eigenvalue weighted by molar-refractivity contribution is 7.89. The van der Waals surface area contributed by atoms with E-state index >= 15 is 0 Å². The second-order valence-corrected chi connectivity index (χ2v) is 8.51. The number of sulfonamides is 1. The van der Waals surface area contributed by atoms with Crippen LogP contribution < -0.4 is 5.73 Å². The molecule has 102 valence electrons. The van der Waals surface area contributed by atoms with Gasteiger partial charge in [0.05, 0.1) is 9.32 Å². The Bertz CT molecular complexity index is 556. The first-order chi connectivity index (χ1) is 8.16. The van der Waals surface area contributed by atoms with Crippen molar-refractivity contribution in [2.75, 3.05) is 7.05 Å². The Balaban J connectivity index is 3.07. The predicted octanol–water partition coefficient (Wildman–Crippen LogP) is 2.74. The van der Waals surface area contributed by atoms with Crippen molar-refractivity contribution < 1.29 is 8.42 Å². The summed E-state index contributed by atoms with van der Waals surface area (Å²) in [6.45, 7) is 1.72. The van der Waals surface area contributed by atoms with Crippen molar-refractivity contribution in [2.45, 2.75) is 24.3 Å². The molecule has 1 rings (SSSR count). The number of thiophene rings is 1. The van der Waals surface area contributed by atoms with Crippen LogP contribution in [0.1, 0.15) is 13.3 Å². The lowest BCUT2D eigenvalue weighted by Crippen LogP contribution is -2.37. The van der Waals surface area contributed by atoms with Gasteiger partial charge < -0.3 is 5.73 Å². The van der Waals surface area contributed by atoms with E-state index in [9.17, 15) is 8.42 Å². The Labute approximate surface area is 126 Å². The van der Waals surface area contributed by atoms with E-state index in [1.54, 1.807) is 6.92 Å². The van der Waals surface area contributed by atoms with Crippen LogP contribution in [-0.2, 0) is 10.0 Å². The Morgan fingerprint density at radius 3 is 2.56 bits per heavy atom. The van der Waals surface area contributed by atoms with E-state index in [4.69, 9.17) is 41.2 Å². The monoisotopic (exact) mass is 346 g/mol. The summed E-state index contributed by atoms with van der Waals surface area (Å²) < 4.78 is 26.3. The smallest absolute Gasteiger partial charge is 0.245 e. The number of halogens is 2. The highest BCUT2D eigenvalue weighted by Crippen LogP contribution is 2.36. The van der Waals surface area contributed by atoms with Gasteiger partial charge in [-0.15, -0.1) is 11.3 Å². The third kappa shape index (κ3) is 3.55. The summed E-state index contributed by atoms with van der Waals surface area (Å²) >= 11 is 17.4. The van der Waals surface area contributed by atoms with Crippen molar-refractivity contribution >= 4 is 61.8 Å². The maximum Gasteiger partial charge on any atom is 0.245 e. The highest BCUT2D eigenvalue weighted by Gasteiger charge is 2.29. The van der Waals surface area contributed by atoms with Crippen LogP contribution in [0.5, 0.6) is 0 Å². The van der Waals surface area contributed by atoms with Crippen molar-refractivity contribution in [3.05, 3.63) is 14.7 Å². The second kappa shape index (κ2) is 6.02. The van der Waals surface area contributed by atoms with E-state index in [0.717, 1.165) is 11.3 Å². The minimum Gasteiger partial charge on any atom is -0.393 e. The van der Waals surface area contributed by atoms with Gasteiger partial charge in [-0.25, -0.2) is 8.42 Å². The van der Waals surface area contributed by atoms with Crippen LogP contribution in [0.4, 0.5) is 0 Å². The zero-order valence-corrected chi connectivity index (χ0v) is 13.6. The van der Waals surface area contributed by atoms with E-state index in [-0.39, 0.29) is 20.3 Å². The zero-order valence-electron chi connectivity index (χ0n) is 9.68. The maximum absolute atomic E-state index is 12.3. The SMILES string of the molecule is CC(CC(N)=S)N(C)S(=O)(=O)c1cc(Cl)sc1Cl. The number of nitrogens with two attached hydrogens (primary N) is 1. The van der Waals surface area contributed by atoms with Crippen molar-refractivity contribution in [3.63, 3.8) is 0 Å². The molecule has 0 spiro atoms. The van der Waals surface area contributed by atoms with Crippen LogP contribution >= 0.6 is 46.8 Å². The average Bonchev–Trinajstić information content (AvgIpc) is 2.56. The molecule has 1 aromatic rings. The molecule has 4 nitrogen and oxygen atoms in total. The molecule has 0 aliphatic heterocycles. The molecular weight excluding hydrogens is 335 g/mol. The highest BCUT2D eigenvalue weighted by atomic mass is 35.5. The fraction of sp³-hybridized carbons (Fsp3) is 0.444. The van der Waals surface area contributed by atoms with Crippen molar-refractivity contribution in [1.29, 1.82) is 0 Å². The van der Waals surface area contributed by atoms with Crippen LogP contribution in [0.25, 0.3) is 0 Å². The quantitative estimate of drug-likeness (QED) is 0.832. The van der Waals surface area contributed by atoms with Crippen molar-refractivity contribution in [2.24, 2.45) is 5.73 Å². The summed E-state index contributed by atoms with van der Waals surface area (Å²) in [6, 6.07) is 0.996. The molecule has 1 aromatic heterocycles. The molecule has 0 saturated carbocycles. The molecule has 0 fully saturated rings. The van der Waals surface area contributed by atoms with Gasteiger partial charge in [-0.05, 0) is 13.0 Å². The van der Waals surface area contributed by atoms with E-state index < -0.39 is 10.0 Å². The van der Waals surface area contributed by atoms with E-state index in [1.807, 2.05) is 0 Å². The summed E-state index contributed by atoms with van der Waals surface area (Å²) in [4.78, 5) is 0.274. The van der Waals surface area contributed by atoms with Gasteiger partial charge in [0.25, 0.3) is 0 Å². The third-order valence-corrected chi connectivity index (χ3v) is 6.29. The molecule has 0 bridgehead atoms. The summed E-state index contributed by atoms with van der Waals surface area (Å²) in [5.41, 5.74) is 5.41. The van der Waals surface area contributed by atoms with Crippen LogP contribution in [0.3, 0.4) is 0 Å². The largest absolute Gasteiger partial charge is 0.393 e. The Hall–Kier alpha value is 0.0800. The van der Waals surface area contributed by atoms with Gasteiger partial charge >= 0.3 is 0 Å². The van der Waals surface area contributed by atoms with E-state index in [1.165, 1.54) is 17.4 Å². The standard InChI is InChI=1S/C9H12Cl2N2O2S3/c1-5(3-8(12)16)13(2)18(14,15)6-4-7(10)17-9(6)11/h4-5H,3H2,1-2H3,(H2,12,16). The zero-order chi connectivity index (χ0) is 14.1. The summed E-state index contributed by atoms with van der Waals surface area (Å²) in [6.07, 6.45) is 0.306. The molecule has 1 heterocycles. The maximum atomic E-state index is 12.3. The molecule has 18 heavy (non-hydrogen) atoms. The van der Waals surface area contributed by atoms with Gasteiger partial charge in [0.1, 0.15) is 9.23 Å². The Kier molecular flexibility index (Phi) is 5.40. The lowest BCUT2D eigenvalue weighted by atomic mass is 10.2. The molecule has 2 N–H and O–H groups in total. The normalized spacial score (nSPS) is 13.8. The molecule has 0 radical (unpaired) electrons. The van der Waals surface area contributed by atoms with Gasteiger partial charge in [0.2, 0.25) is 10.0 Å². The topological polar surface area (TPSA) is 63.4 Å². The Morgan fingerprint density at radius 1 is 1.61 bits per heavy atom. The third-order valence-electron chi connectivity index (χ3n) is 2.40. The first-order valence-electron chi connectivity index (χ1n) is 4.87. The molecule has 0 aliphatic rings. The van der Waals surface area contributed by atoms with Gasteiger partial charge in [-0.1, -0.05) is 35.4 Å². The number of hydrogen-bond donors (Lipinski definition) is 1. The fourth-order valence-corrected chi connectivity index (χ4v) is 5.03. The number of hydrogen-bond acceptors (Lipinski definition) is 4. The number of rotatable bonds is 5. The molecule has 1 unspecified atom stereocenters. The lowest BCUT2D eigenvalue weighted by molar-refractivity contribution is 0.397. The molecular formula is C9H12Cl2N2O2S3. The van der Waals surface area contributed by atoms with E-state index in [0.29, 0.717) is 10.8 Å². The number of thiocarbonyl (C=S) groups is 1. The minimum atomic E-state index is -3.68. The summed E-state index contributed by atoms with van der Waals surface area (Å²) in [7, 11) is -2.22. The fourth-order valence-electron chi connectivity index (χ4n) is 1.31. The predicted molar refractivity (Wildman–Crippen MR) is 80.2 cm³/mol. The van der Waals surface area contributed by atoms with Crippen LogP contribution in [0.2, 0.25) is 8.67 Å². The van der Waals surface area contributed by atoms with Crippen LogP contribution in [0.15, 0.2) is 11.0 Å². The second-order valence-electron chi connectivity index (χ2n) is 3.73. The lowest BCUT2D eigenvalue weighted by Gasteiger charge is -2.23. The van der Waals surface area contributed by atoms with Gasteiger partial charge in [-0.3, -0.25) is 0 Å². The van der Waals surface area contributed by atoms with Gasteiger partial charge in [-0.2, -0.15) is 4.31 Å². The summed E-state index contributed by atoms with van der Waals surface area (Å²) in [5.74, 6) is 0. The molecule has 0 saturated heterocycles. The van der Waals surface area contributed by atoms with Crippen molar-refractivity contribution in [3.8, 4) is 0 Å². The van der Waals surface area contributed by atoms with E-state index in [2.05, 4.69) is 0 Å². The average molecular weight is 347 g/mol. The van der Waals surface area contributed by atoms with Gasteiger partial charge in [0.15, 0.2) is 0 Å². The molecule has 9 heteroatoms. The number of nitrogens with zero attached hydrogens (tertiary/aromatic N) is 1. The minimum absolute atomic E-state index is 0.0106. The molecule has 0 amide bonds. The molecule has 1 atom stereocenters. The first-order valence-corrected chi connectivity index (χ1v) is 8.29. The van der Waals surface area contributed by atoms with Crippen LogP contribution in [-0.4, -0.2) is 30.8 Å². The molecule has 0 aromatic carbocycles. The summed E-state index contributed by atoms with van der Waals surface area (Å²) in [5, 5.41) is 0. The van der Waals surface area contributed by atoms with Crippen molar-refractivity contribution in [1.82, 2.24) is 4.31 Å². The Morgan fingerprint density at radius 2 is 2.17 bits per heavy atom. The van der Waals surface area contributed by atoms with Crippen LogP contribution in [0, 0.1) is 0 Å².